The highest BCUT2D eigenvalue weighted by molar-refractivity contribution is 7.42. The molecule has 246 valence electrons. The molecule has 2 heterocycles. The Balaban J connectivity index is 1.18. The van der Waals surface area contributed by atoms with Gasteiger partial charge in [0.25, 0.3) is 0 Å². The molecule has 4 atom stereocenters. The van der Waals surface area contributed by atoms with E-state index < -0.39 is 14.2 Å². The maximum absolute atomic E-state index is 7.44. The van der Waals surface area contributed by atoms with E-state index in [1.807, 2.05) is 42.5 Å². The van der Waals surface area contributed by atoms with Crippen LogP contribution >= 0.6 is 8.60 Å². The Morgan fingerprint density at radius 2 is 1.36 bits per heavy atom. The predicted molar refractivity (Wildman–Crippen MR) is 201 cm³/mol. The van der Waals surface area contributed by atoms with E-state index in [1.165, 1.54) is 16.5 Å². The number of nitrogens with zero attached hydrogens (tertiary/aromatic N) is 1. The summed E-state index contributed by atoms with van der Waals surface area (Å²) in [6, 6.07) is 52.1. The quantitative estimate of drug-likeness (QED) is 0.151. The number of hydrogen-bond donors (Lipinski definition) is 0. The highest BCUT2D eigenvalue weighted by Gasteiger charge is 2.49. The molecule has 0 spiro atoms. The first-order chi connectivity index (χ1) is 24.7. The van der Waals surface area contributed by atoms with Crippen LogP contribution in [0.15, 0.2) is 163 Å². The second kappa shape index (κ2) is 13.3. The van der Waals surface area contributed by atoms with E-state index in [0.717, 1.165) is 33.4 Å². The van der Waals surface area contributed by atoms with Gasteiger partial charge in [0.05, 0.1) is 6.10 Å². The minimum absolute atomic E-state index is 0.0661. The fourth-order valence-electron chi connectivity index (χ4n) is 7.60. The van der Waals surface area contributed by atoms with Crippen molar-refractivity contribution in [3.8, 4) is 5.75 Å². The number of fused-ring (bicyclic) bond motifs is 7. The van der Waals surface area contributed by atoms with Crippen molar-refractivity contribution in [2.24, 2.45) is 4.99 Å². The maximum Gasteiger partial charge on any atom is 0.398 e. The molecule has 0 saturated carbocycles. The van der Waals surface area contributed by atoms with Gasteiger partial charge in [0.2, 0.25) is 5.90 Å². The minimum Gasteiger partial charge on any atom is -0.475 e. The standard InChI is InChI=1S/C44H36NO4P/c1-4-14-31(15-5-1)28-44(29-32-16-6-2-7-17-32,40-30-46-43(45-40)35-20-8-3-9-21-35)49-50-47-38-26-24-33-18-10-12-22-36(33)41(38)42-37-23-13-11-19-34(37)25-27-39(42)48-50/h1-27,38,40-41H,28-30H2/t38?,40-,41?,50?/m0/s1. The van der Waals surface area contributed by atoms with E-state index in [-0.39, 0.29) is 18.1 Å². The van der Waals surface area contributed by atoms with E-state index in [1.54, 1.807) is 0 Å². The minimum atomic E-state index is -1.91. The summed E-state index contributed by atoms with van der Waals surface area (Å²) in [5, 5.41) is 2.33. The van der Waals surface area contributed by atoms with Crippen LogP contribution in [0.25, 0.3) is 16.8 Å². The Morgan fingerprint density at radius 1 is 0.700 bits per heavy atom. The molecular formula is C44H36NO4P. The lowest BCUT2D eigenvalue weighted by Gasteiger charge is -2.39. The zero-order valence-corrected chi connectivity index (χ0v) is 28.4. The van der Waals surface area contributed by atoms with Crippen molar-refractivity contribution in [2.75, 3.05) is 6.61 Å². The second-order valence-corrected chi connectivity index (χ2v) is 14.2. The first-order valence-corrected chi connectivity index (χ1v) is 18.3. The molecule has 3 aliphatic rings. The molecule has 0 fully saturated rings. The Labute approximate surface area is 293 Å². The topological polar surface area (TPSA) is 49.3 Å². The molecule has 6 aromatic carbocycles. The molecular weight excluding hydrogens is 637 g/mol. The van der Waals surface area contributed by atoms with Gasteiger partial charge < -0.3 is 9.26 Å². The maximum atomic E-state index is 7.44. The SMILES string of the molecule is C1=CC2OP(OC(Cc3ccccc3)(Cc3ccccc3)[C@@H]3COC(c4ccccc4)=N3)Oc3ccc4ccccc4c3C2c2ccccc21. The average molecular weight is 674 g/mol. The molecule has 0 saturated heterocycles. The van der Waals surface area contributed by atoms with Crippen LogP contribution in [0.5, 0.6) is 5.75 Å². The highest BCUT2D eigenvalue weighted by Crippen LogP contribution is 2.57. The lowest BCUT2D eigenvalue weighted by Crippen LogP contribution is -2.48. The monoisotopic (exact) mass is 673 g/mol. The molecule has 0 radical (unpaired) electrons. The van der Waals surface area contributed by atoms with Gasteiger partial charge in [-0.2, -0.15) is 0 Å². The van der Waals surface area contributed by atoms with Crippen LogP contribution in [-0.4, -0.2) is 30.3 Å². The average Bonchev–Trinajstić information content (AvgIpc) is 3.61. The highest BCUT2D eigenvalue weighted by atomic mass is 31.2. The van der Waals surface area contributed by atoms with Gasteiger partial charge in [-0.05, 0) is 51.2 Å². The van der Waals surface area contributed by atoms with Gasteiger partial charge in [0.1, 0.15) is 24.0 Å². The van der Waals surface area contributed by atoms with Crippen molar-refractivity contribution in [3.63, 3.8) is 0 Å². The normalized spacial score (nSPS) is 20.8. The molecule has 2 aliphatic heterocycles. The van der Waals surface area contributed by atoms with E-state index in [0.29, 0.717) is 25.3 Å². The summed E-state index contributed by atoms with van der Waals surface area (Å²) in [5.74, 6) is 1.35. The van der Waals surface area contributed by atoms with Gasteiger partial charge in [-0.3, -0.25) is 9.05 Å². The van der Waals surface area contributed by atoms with E-state index in [4.69, 9.17) is 23.3 Å². The first kappa shape index (κ1) is 31.0. The van der Waals surface area contributed by atoms with Crippen molar-refractivity contribution in [1.29, 1.82) is 0 Å². The van der Waals surface area contributed by atoms with Gasteiger partial charge in [0, 0.05) is 29.9 Å². The predicted octanol–water partition coefficient (Wildman–Crippen LogP) is 10.1. The summed E-state index contributed by atoms with van der Waals surface area (Å²) in [4.78, 5) is 5.26. The molecule has 0 aromatic heterocycles. The Kier molecular flexibility index (Phi) is 8.26. The van der Waals surface area contributed by atoms with Crippen LogP contribution < -0.4 is 4.52 Å². The fourth-order valence-corrected chi connectivity index (χ4v) is 8.98. The molecule has 0 amide bonds. The van der Waals surface area contributed by atoms with Crippen LogP contribution in [-0.2, 0) is 26.6 Å². The van der Waals surface area contributed by atoms with E-state index >= 15 is 0 Å². The van der Waals surface area contributed by atoms with Crippen LogP contribution in [0.2, 0.25) is 0 Å². The van der Waals surface area contributed by atoms with Crippen LogP contribution in [0.4, 0.5) is 0 Å². The second-order valence-electron chi connectivity index (χ2n) is 13.2. The third-order valence-electron chi connectivity index (χ3n) is 9.98. The summed E-state index contributed by atoms with van der Waals surface area (Å²) in [6.07, 6.45) is 5.23. The summed E-state index contributed by atoms with van der Waals surface area (Å²) in [6.45, 7) is 0.383. The number of rotatable bonds is 8. The lowest BCUT2D eigenvalue weighted by atomic mass is 9.78. The van der Waals surface area contributed by atoms with Crippen molar-refractivity contribution in [1.82, 2.24) is 0 Å². The van der Waals surface area contributed by atoms with Gasteiger partial charge in [0.15, 0.2) is 0 Å². The summed E-state index contributed by atoms with van der Waals surface area (Å²) in [7, 11) is -1.91. The largest absolute Gasteiger partial charge is 0.475 e. The molecule has 50 heavy (non-hydrogen) atoms. The van der Waals surface area contributed by atoms with Crippen molar-refractivity contribution in [3.05, 3.63) is 191 Å². The molecule has 3 unspecified atom stereocenters. The first-order valence-electron chi connectivity index (χ1n) is 17.2. The Bertz CT molecular complexity index is 2150. The lowest BCUT2D eigenvalue weighted by molar-refractivity contribution is 0.0135. The summed E-state index contributed by atoms with van der Waals surface area (Å²) < 4.78 is 27.8. The number of hydrogen-bond acceptors (Lipinski definition) is 5. The third-order valence-corrected chi connectivity index (χ3v) is 11.2. The smallest absolute Gasteiger partial charge is 0.398 e. The molecule has 6 heteroatoms. The molecule has 0 N–H and O–H groups in total. The summed E-state index contributed by atoms with van der Waals surface area (Å²) >= 11 is 0. The fraction of sp³-hybridized carbons (Fsp3) is 0.159. The van der Waals surface area contributed by atoms with Crippen molar-refractivity contribution < 1.29 is 18.3 Å². The third kappa shape index (κ3) is 5.92. The molecule has 1 aliphatic carbocycles. The van der Waals surface area contributed by atoms with E-state index in [2.05, 4.69) is 121 Å². The molecule has 0 bridgehead atoms. The zero-order chi connectivity index (χ0) is 33.3. The Hall–Kier alpha value is -5.06. The number of ether oxygens (including phenoxy) is 1. The van der Waals surface area contributed by atoms with Crippen LogP contribution in [0, 0.1) is 0 Å². The number of aliphatic imine (C=N–C) groups is 1. The van der Waals surface area contributed by atoms with Gasteiger partial charge in [-0.1, -0.05) is 146 Å². The Morgan fingerprint density at radius 3 is 2.12 bits per heavy atom. The zero-order valence-electron chi connectivity index (χ0n) is 27.5. The van der Waals surface area contributed by atoms with Crippen molar-refractivity contribution in [2.45, 2.75) is 36.5 Å². The van der Waals surface area contributed by atoms with Gasteiger partial charge in [-0.25, -0.2) is 4.99 Å². The molecule has 6 aromatic rings. The summed E-state index contributed by atoms with van der Waals surface area (Å²) in [5.41, 5.74) is 5.92. The van der Waals surface area contributed by atoms with Gasteiger partial charge in [-0.15, -0.1) is 0 Å². The van der Waals surface area contributed by atoms with Crippen LogP contribution in [0.1, 0.15) is 39.3 Å². The van der Waals surface area contributed by atoms with Crippen LogP contribution in [0.3, 0.4) is 0 Å². The molecule has 9 rings (SSSR count). The van der Waals surface area contributed by atoms with Gasteiger partial charge >= 0.3 is 8.60 Å². The van der Waals surface area contributed by atoms with Crippen molar-refractivity contribution >= 4 is 31.3 Å². The molecule has 5 nitrogen and oxygen atoms in total. The number of benzene rings is 6. The van der Waals surface area contributed by atoms with E-state index in [9.17, 15) is 0 Å².